The fraction of sp³-hybridized carbons (Fsp3) is 0.784. The molecule has 0 amide bonds. The van der Waals surface area contributed by atoms with Crippen molar-refractivity contribution in [3.63, 3.8) is 0 Å². The number of allylic oxidation sites excluding steroid dienone is 6. The summed E-state index contributed by atoms with van der Waals surface area (Å²) in [4.78, 5) is 0. The number of rotatable bonds is 10. The summed E-state index contributed by atoms with van der Waals surface area (Å²) in [5.41, 5.74) is 8.15. The summed E-state index contributed by atoms with van der Waals surface area (Å²) in [6.45, 7) is 32.5. The SMILES string of the molecule is C=C(C)C(=C)C1CCC(CCC)(CCC/C(=C/C)CC)CC1.CC.CCC.CCC1=C(C)CCCC1C. The Morgan fingerprint density at radius 3 is 1.92 bits per heavy atom. The summed E-state index contributed by atoms with van der Waals surface area (Å²) in [5, 5.41) is 0. The van der Waals surface area contributed by atoms with E-state index in [0.717, 1.165) is 5.92 Å². The van der Waals surface area contributed by atoms with Gasteiger partial charge in [0.25, 0.3) is 0 Å². The molecule has 37 heavy (non-hydrogen) atoms. The Bertz CT molecular complexity index is 642. The van der Waals surface area contributed by atoms with E-state index in [4.69, 9.17) is 0 Å². The van der Waals surface area contributed by atoms with Crippen molar-refractivity contribution in [2.24, 2.45) is 17.3 Å². The van der Waals surface area contributed by atoms with Gasteiger partial charge in [0.05, 0.1) is 0 Å². The van der Waals surface area contributed by atoms with Crippen LogP contribution in [0.5, 0.6) is 0 Å². The van der Waals surface area contributed by atoms with Gasteiger partial charge in [0, 0.05) is 0 Å². The molecule has 0 heteroatoms. The summed E-state index contributed by atoms with van der Waals surface area (Å²) in [5.74, 6) is 1.57. The van der Waals surface area contributed by atoms with Crippen molar-refractivity contribution in [2.75, 3.05) is 0 Å². The monoisotopic (exact) mass is 515 g/mol. The van der Waals surface area contributed by atoms with Crippen LogP contribution in [0.4, 0.5) is 0 Å². The smallest absolute Gasteiger partial charge is 0.0165 e. The Hall–Kier alpha value is -1.04. The molecule has 2 aliphatic carbocycles. The first-order chi connectivity index (χ1) is 17.6. The van der Waals surface area contributed by atoms with Gasteiger partial charge in [0.15, 0.2) is 0 Å². The van der Waals surface area contributed by atoms with Crippen molar-refractivity contribution in [1.29, 1.82) is 0 Å². The van der Waals surface area contributed by atoms with Gasteiger partial charge in [0.2, 0.25) is 0 Å². The quantitative estimate of drug-likeness (QED) is 0.201. The molecule has 0 nitrogen and oxygen atoms in total. The van der Waals surface area contributed by atoms with Crippen molar-refractivity contribution in [1.82, 2.24) is 0 Å². The standard InChI is InChI=1S/C22H38.C10H18.C3H8.C2H6/c1-7-14-22(15-10-11-20(8-2)9-3)16-12-21(13-17-22)19(6)18(4)5;1-4-10-8(2)6-5-7-9(10)3;1-3-2;1-2/h8,21H,4,6-7,9-17H2,1-3,5H3;8H,4-7H2,1-3H3;3H2,1-2H3;1-2H3/b20-8+;;;. The molecule has 0 heterocycles. The highest BCUT2D eigenvalue weighted by molar-refractivity contribution is 5.26. The van der Waals surface area contributed by atoms with Crippen LogP contribution in [0.1, 0.15) is 172 Å². The van der Waals surface area contributed by atoms with E-state index < -0.39 is 0 Å². The normalized spacial score (nSPS) is 23.5. The lowest BCUT2D eigenvalue weighted by Crippen LogP contribution is -2.28. The molecule has 0 spiro atoms. The largest absolute Gasteiger partial charge is 0.0958 e. The molecule has 0 radical (unpaired) electrons. The van der Waals surface area contributed by atoms with Gasteiger partial charge in [-0.1, -0.05) is 110 Å². The Balaban J connectivity index is 0. The molecular weight excluding hydrogens is 444 g/mol. The summed E-state index contributed by atoms with van der Waals surface area (Å²) in [7, 11) is 0. The van der Waals surface area contributed by atoms with E-state index in [-0.39, 0.29) is 0 Å². The Morgan fingerprint density at radius 1 is 0.973 bits per heavy atom. The minimum Gasteiger partial charge on any atom is -0.0958 e. The number of hydrogen-bond donors (Lipinski definition) is 0. The average Bonchev–Trinajstić information content (AvgIpc) is 2.89. The van der Waals surface area contributed by atoms with Crippen molar-refractivity contribution in [3.8, 4) is 0 Å². The minimum atomic E-state index is 0.618. The zero-order chi connectivity index (χ0) is 28.9. The van der Waals surface area contributed by atoms with Crippen LogP contribution in [-0.4, -0.2) is 0 Å². The van der Waals surface area contributed by atoms with Crippen molar-refractivity contribution >= 4 is 0 Å². The molecule has 0 aromatic heterocycles. The van der Waals surface area contributed by atoms with Crippen LogP contribution >= 0.6 is 0 Å². The van der Waals surface area contributed by atoms with Gasteiger partial charge in [-0.25, -0.2) is 0 Å². The predicted molar refractivity (Wildman–Crippen MR) is 174 cm³/mol. The molecule has 2 aliphatic rings. The molecule has 218 valence electrons. The second-order valence-electron chi connectivity index (χ2n) is 11.6. The molecule has 0 aliphatic heterocycles. The third-order valence-electron chi connectivity index (χ3n) is 8.65. The molecule has 1 fully saturated rings. The topological polar surface area (TPSA) is 0 Å². The molecule has 0 aromatic carbocycles. The van der Waals surface area contributed by atoms with E-state index in [2.05, 4.69) is 81.5 Å². The van der Waals surface area contributed by atoms with Crippen LogP contribution < -0.4 is 0 Å². The second kappa shape index (κ2) is 22.9. The Morgan fingerprint density at radius 2 is 1.54 bits per heavy atom. The maximum absolute atomic E-state index is 4.27. The van der Waals surface area contributed by atoms with E-state index >= 15 is 0 Å². The maximum atomic E-state index is 4.27. The molecule has 0 aromatic rings. The van der Waals surface area contributed by atoms with Gasteiger partial charge in [0.1, 0.15) is 0 Å². The van der Waals surface area contributed by atoms with Gasteiger partial charge in [-0.2, -0.15) is 0 Å². The third kappa shape index (κ3) is 15.2. The van der Waals surface area contributed by atoms with E-state index in [0.29, 0.717) is 11.3 Å². The van der Waals surface area contributed by atoms with Gasteiger partial charge in [-0.15, -0.1) is 0 Å². The fourth-order valence-electron chi connectivity index (χ4n) is 6.38. The summed E-state index contributed by atoms with van der Waals surface area (Å²) >= 11 is 0. The lowest BCUT2D eigenvalue weighted by Gasteiger charge is -2.41. The highest BCUT2D eigenvalue weighted by atomic mass is 14.4. The first-order valence-electron chi connectivity index (χ1n) is 16.3. The van der Waals surface area contributed by atoms with Crippen LogP contribution in [-0.2, 0) is 0 Å². The lowest BCUT2D eigenvalue weighted by molar-refractivity contribution is 0.130. The van der Waals surface area contributed by atoms with Gasteiger partial charge < -0.3 is 0 Å². The molecule has 2 rings (SSSR count). The van der Waals surface area contributed by atoms with E-state index in [1.807, 2.05) is 13.8 Å². The number of hydrogen-bond acceptors (Lipinski definition) is 0. The Labute approximate surface area is 236 Å². The first kappa shape index (κ1) is 38.1. The fourth-order valence-corrected chi connectivity index (χ4v) is 6.38. The molecular formula is C37H70. The zero-order valence-electron chi connectivity index (χ0n) is 27.8. The lowest BCUT2D eigenvalue weighted by atomic mass is 9.64. The van der Waals surface area contributed by atoms with E-state index in [9.17, 15) is 0 Å². The zero-order valence-corrected chi connectivity index (χ0v) is 27.8. The third-order valence-corrected chi connectivity index (χ3v) is 8.65. The summed E-state index contributed by atoms with van der Waals surface area (Å²) in [6.07, 6.45) is 22.5. The van der Waals surface area contributed by atoms with Crippen LogP contribution in [0.25, 0.3) is 0 Å². The second-order valence-corrected chi connectivity index (χ2v) is 11.6. The van der Waals surface area contributed by atoms with Crippen LogP contribution in [0.2, 0.25) is 0 Å². The van der Waals surface area contributed by atoms with Crippen LogP contribution in [0.3, 0.4) is 0 Å². The van der Waals surface area contributed by atoms with Gasteiger partial charge in [-0.05, 0) is 127 Å². The van der Waals surface area contributed by atoms with Crippen LogP contribution in [0, 0.1) is 17.3 Å². The average molecular weight is 515 g/mol. The Kier molecular flexibility index (Phi) is 23.6. The molecule has 0 saturated heterocycles. The highest BCUT2D eigenvalue weighted by Gasteiger charge is 2.34. The molecule has 1 saturated carbocycles. The molecule has 0 bridgehead atoms. The summed E-state index contributed by atoms with van der Waals surface area (Å²) in [6, 6.07) is 0. The van der Waals surface area contributed by atoms with Gasteiger partial charge >= 0.3 is 0 Å². The van der Waals surface area contributed by atoms with Crippen molar-refractivity contribution in [3.05, 3.63) is 47.1 Å². The minimum absolute atomic E-state index is 0.618. The van der Waals surface area contributed by atoms with E-state index in [1.165, 1.54) is 107 Å². The highest BCUT2D eigenvalue weighted by Crippen LogP contribution is 2.48. The van der Waals surface area contributed by atoms with Crippen LogP contribution in [0.15, 0.2) is 47.1 Å². The van der Waals surface area contributed by atoms with Crippen molar-refractivity contribution in [2.45, 2.75) is 172 Å². The molecule has 0 N–H and O–H groups in total. The maximum Gasteiger partial charge on any atom is -0.0165 e. The first-order valence-corrected chi connectivity index (χ1v) is 16.3. The van der Waals surface area contributed by atoms with Crippen molar-refractivity contribution < 1.29 is 0 Å². The summed E-state index contributed by atoms with van der Waals surface area (Å²) < 4.78 is 0. The van der Waals surface area contributed by atoms with E-state index in [1.54, 1.807) is 16.7 Å². The predicted octanol–water partition coefficient (Wildman–Crippen LogP) is 13.6. The molecule has 1 atom stereocenters. The van der Waals surface area contributed by atoms with Gasteiger partial charge in [-0.3, -0.25) is 0 Å². The molecule has 1 unspecified atom stereocenters.